The molecule has 0 saturated heterocycles. The van der Waals surface area contributed by atoms with Crippen LogP contribution in [-0.2, 0) is 24.2 Å². The molecule has 0 fully saturated rings. The first kappa shape index (κ1) is 23.5. The summed E-state index contributed by atoms with van der Waals surface area (Å²) in [6, 6.07) is 8.04. The van der Waals surface area contributed by atoms with E-state index in [-0.39, 0.29) is 23.6 Å². The number of aryl methyl sites for hydroxylation is 4. The van der Waals surface area contributed by atoms with Crippen LogP contribution in [0.3, 0.4) is 0 Å². The van der Waals surface area contributed by atoms with Gasteiger partial charge in [0.1, 0.15) is 4.83 Å². The molecule has 1 amide bonds. The number of hydrogen-bond acceptors (Lipinski definition) is 6. The Balaban J connectivity index is 1.62. The molecule has 1 aromatic carbocycles. The van der Waals surface area contributed by atoms with Crippen molar-refractivity contribution in [1.29, 1.82) is 5.26 Å². The van der Waals surface area contributed by atoms with Crippen LogP contribution in [0.4, 0.5) is 5.69 Å². The van der Waals surface area contributed by atoms with E-state index in [0.29, 0.717) is 18.2 Å². The van der Waals surface area contributed by atoms with Crippen molar-refractivity contribution in [1.82, 2.24) is 9.55 Å². The van der Waals surface area contributed by atoms with Gasteiger partial charge in [0, 0.05) is 23.7 Å². The van der Waals surface area contributed by atoms with Crippen molar-refractivity contribution in [3.05, 3.63) is 50.1 Å². The predicted molar refractivity (Wildman–Crippen MR) is 135 cm³/mol. The molecule has 1 aliphatic rings. The van der Waals surface area contributed by atoms with Crippen LogP contribution in [-0.4, -0.2) is 27.8 Å². The van der Waals surface area contributed by atoms with Gasteiger partial charge in [-0.3, -0.25) is 14.2 Å². The van der Waals surface area contributed by atoms with E-state index in [4.69, 9.17) is 10.2 Å². The third kappa shape index (κ3) is 4.71. The molecule has 0 aliphatic heterocycles. The van der Waals surface area contributed by atoms with Gasteiger partial charge in [-0.15, -0.1) is 11.3 Å². The summed E-state index contributed by atoms with van der Waals surface area (Å²) in [4.78, 5) is 35.2. The molecule has 33 heavy (non-hydrogen) atoms. The van der Waals surface area contributed by atoms with Crippen LogP contribution in [0.2, 0.25) is 0 Å². The van der Waals surface area contributed by atoms with Gasteiger partial charge in [-0.25, -0.2) is 4.98 Å². The minimum absolute atomic E-state index is 0.0201. The minimum Gasteiger partial charge on any atom is -0.311 e. The quantitative estimate of drug-likeness (QED) is 0.334. The highest BCUT2D eigenvalue weighted by Crippen LogP contribution is 2.35. The molecule has 0 saturated carbocycles. The molecule has 3 aromatic rings. The Morgan fingerprint density at radius 3 is 2.85 bits per heavy atom. The van der Waals surface area contributed by atoms with Gasteiger partial charge >= 0.3 is 0 Å². The summed E-state index contributed by atoms with van der Waals surface area (Å²) < 4.78 is 1.74. The number of thioether (sulfide) groups is 1. The number of carbonyl (C=O) groups is 1. The number of rotatable bonds is 8. The van der Waals surface area contributed by atoms with Gasteiger partial charge in [-0.1, -0.05) is 24.8 Å². The molecule has 172 valence electrons. The lowest BCUT2D eigenvalue weighted by Gasteiger charge is -2.23. The van der Waals surface area contributed by atoms with Crippen molar-refractivity contribution in [2.75, 3.05) is 17.2 Å². The van der Waals surface area contributed by atoms with Crippen molar-refractivity contribution in [2.24, 2.45) is 0 Å². The molecule has 0 bridgehead atoms. The Morgan fingerprint density at radius 1 is 1.30 bits per heavy atom. The van der Waals surface area contributed by atoms with Crippen molar-refractivity contribution >= 4 is 44.9 Å². The average molecular weight is 481 g/mol. The molecule has 0 unspecified atom stereocenters. The smallest absolute Gasteiger partial charge is 0.263 e. The summed E-state index contributed by atoms with van der Waals surface area (Å²) in [5.41, 5.74) is 4.26. The second-order valence-electron chi connectivity index (χ2n) is 8.40. The molecule has 1 aliphatic carbocycles. The van der Waals surface area contributed by atoms with E-state index in [9.17, 15) is 9.59 Å². The first-order chi connectivity index (χ1) is 15.9. The Bertz CT molecular complexity index is 1300. The average Bonchev–Trinajstić information content (AvgIpc) is 3.38. The molecular formula is C25H28N4O2S2. The highest BCUT2D eigenvalue weighted by Gasteiger charge is 2.24. The second kappa shape index (κ2) is 10.1. The highest BCUT2D eigenvalue weighted by molar-refractivity contribution is 7.99. The normalized spacial score (nSPS) is 12.7. The molecule has 2 heterocycles. The lowest BCUT2D eigenvalue weighted by atomic mass is 10.1. The van der Waals surface area contributed by atoms with Crippen LogP contribution < -0.4 is 10.5 Å². The van der Waals surface area contributed by atoms with E-state index in [0.717, 1.165) is 52.7 Å². The summed E-state index contributed by atoms with van der Waals surface area (Å²) in [5.74, 6) is 0.0649. The SMILES string of the molecule is CCCn1c(SCC(=O)N(CCC#N)c2ccc(C)c(C)c2)nc2sc3c(c2c1=O)CCC3. The van der Waals surface area contributed by atoms with Crippen molar-refractivity contribution in [3.8, 4) is 6.07 Å². The fourth-order valence-corrected chi connectivity index (χ4v) is 6.45. The van der Waals surface area contributed by atoms with Crippen molar-refractivity contribution in [3.63, 3.8) is 0 Å². The summed E-state index contributed by atoms with van der Waals surface area (Å²) in [5, 5.41) is 10.5. The van der Waals surface area contributed by atoms with Gasteiger partial charge in [-0.05, 0) is 68.4 Å². The maximum absolute atomic E-state index is 13.4. The molecular weight excluding hydrogens is 452 g/mol. The van der Waals surface area contributed by atoms with E-state index >= 15 is 0 Å². The third-order valence-electron chi connectivity index (χ3n) is 6.11. The third-order valence-corrected chi connectivity index (χ3v) is 8.26. The number of fused-ring (bicyclic) bond motifs is 3. The van der Waals surface area contributed by atoms with Gasteiger partial charge in [0.2, 0.25) is 5.91 Å². The summed E-state index contributed by atoms with van der Waals surface area (Å²) in [7, 11) is 0. The first-order valence-corrected chi connectivity index (χ1v) is 13.2. The summed E-state index contributed by atoms with van der Waals surface area (Å²) in [6.07, 6.45) is 4.15. The standard InChI is InChI=1S/C25H28N4O2S2/c1-4-12-29-24(31)22-19-7-5-8-20(19)33-23(22)27-25(29)32-15-21(30)28(13-6-11-26)18-10-9-16(2)17(3)14-18/h9-10,14H,4-8,12-13,15H2,1-3H3. The maximum Gasteiger partial charge on any atom is 0.263 e. The summed E-state index contributed by atoms with van der Waals surface area (Å²) >= 11 is 2.94. The molecule has 2 aromatic heterocycles. The molecule has 0 atom stereocenters. The predicted octanol–water partition coefficient (Wildman–Crippen LogP) is 5.01. The molecule has 0 N–H and O–H groups in total. The zero-order valence-electron chi connectivity index (χ0n) is 19.3. The minimum atomic E-state index is -0.0930. The molecule has 0 radical (unpaired) electrons. The van der Waals surface area contributed by atoms with Crippen molar-refractivity contribution in [2.45, 2.75) is 64.6 Å². The van der Waals surface area contributed by atoms with Crippen molar-refractivity contribution < 1.29 is 4.79 Å². The number of aromatic nitrogens is 2. The van der Waals surface area contributed by atoms with Gasteiger partial charge in [0.15, 0.2) is 5.16 Å². The number of hydrogen-bond donors (Lipinski definition) is 0. The van der Waals surface area contributed by atoms with Gasteiger partial charge in [0.25, 0.3) is 5.56 Å². The number of benzene rings is 1. The van der Waals surface area contributed by atoms with E-state index in [1.807, 2.05) is 39.0 Å². The number of thiophene rings is 1. The van der Waals surface area contributed by atoms with Crippen LogP contribution in [0, 0.1) is 25.2 Å². The van der Waals surface area contributed by atoms with Crippen LogP contribution in [0.5, 0.6) is 0 Å². The van der Waals surface area contributed by atoms with E-state index in [1.165, 1.54) is 22.2 Å². The highest BCUT2D eigenvalue weighted by atomic mass is 32.2. The van der Waals surface area contributed by atoms with Gasteiger partial charge in [0.05, 0.1) is 23.6 Å². The topological polar surface area (TPSA) is 79.0 Å². The number of anilines is 1. The first-order valence-electron chi connectivity index (χ1n) is 11.4. The van der Waals surface area contributed by atoms with Crippen LogP contribution in [0.15, 0.2) is 28.2 Å². The second-order valence-corrected chi connectivity index (χ2v) is 10.4. The van der Waals surface area contributed by atoms with Crippen LogP contribution in [0.25, 0.3) is 10.2 Å². The zero-order valence-corrected chi connectivity index (χ0v) is 20.9. The molecule has 6 nitrogen and oxygen atoms in total. The number of nitriles is 1. The Kier molecular flexibility index (Phi) is 7.20. The zero-order chi connectivity index (χ0) is 23.5. The number of amides is 1. The Hall–Kier alpha value is -2.63. The number of nitrogens with zero attached hydrogens (tertiary/aromatic N) is 4. The molecule has 8 heteroatoms. The Morgan fingerprint density at radius 2 is 2.12 bits per heavy atom. The van der Waals surface area contributed by atoms with Crippen LogP contribution in [0.1, 0.15) is 47.8 Å². The lowest BCUT2D eigenvalue weighted by Crippen LogP contribution is -2.33. The fraction of sp³-hybridized carbons (Fsp3) is 0.440. The summed E-state index contributed by atoms with van der Waals surface area (Å²) in [6.45, 7) is 7.01. The monoisotopic (exact) mass is 480 g/mol. The van der Waals surface area contributed by atoms with Gasteiger partial charge in [-0.2, -0.15) is 5.26 Å². The lowest BCUT2D eigenvalue weighted by molar-refractivity contribution is -0.116. The van der Waals surface area contributed by atoms with E-state index < -0.39 is 0 Å². The largest absolute Gasteiger partial charge is 0.311 e. The molecule has 4 rings (SSSR count). The maximum atomic E-state index is 13.4. The van der Waals surface area contributed by atoms with Gasteiger partial charge < -0.3 is 4.90 Å². The van der Waals surface area contributed by atoms with E-state index in [1.54, 1.807) is 20.8 Å². The van der Waals surface area contributed by atoms with Crippen LogP contribution >= 0.6 is 23.1 Å². The fourth-order valence-electron chi connectivity index (χ4n) is 4.25. The number of carbonyl (C=O) groups excluding carboxylic acids is 1. The Labute approximate surface area is 202 Å². The van der Waals surface area contributed by atoms with E-state index in [2.05, 4.69) is 6.07 Å². The molecule has 0 spiro atoms.